The Morgan fingerprint density at radius 1 is 1.06 bits per heavy atom. The lowest BCUT2D eigenvalue weighted by Crippen LogP contribution is -2.42. The van der Waals surface area contributed by atoms with Crippen LogP contribution < -0.4 is 10.1 Å². The number of aliphatic hydroxyl groups is 1. The minimum absolute atomic E-state index is 0.0154. The van der Waals surface area contributed by atoms with E-state index in [4.69, 9.17) is 9.15 Å². The van der Waals surface area contributed by atoms with Crippen molar-refractivity contribution < 1.29 is 19.1 Å². The zero-order valence-electron chi connectivity index (χ0n) is 17.9. The van der Waals surface area contributed by atoms with E-state index < -0.39 is 11.5 Å². The van der Waals surface area contributed by atoms with E-state index in [1.807, 2.05) is 12.1 Å². The van der Waals surface area contributed by atoms with Crippen LogP contribution in [0.2, 0.25) is 0 Å². The van der Waals surface area contributed by atoms with Gasteiger partial charge < -0.3 is 19.6 Å². The lowest BCUT2D eigenvalue weighted by molar-refractivity contribution is -0.133. The number of hydrogen-bond acceptors (Lipinski definition) is 9. The van der Waals surface area contributed by atoms with E-state index in [-0.39, 0.29) is 17.5 Å². The summed E-state index contributed by atoms with van der Waals surface area (Å²) >= 11 is 0. The fourth-order valence-corrected chi connectivity index (χ4v) is 3.54. The van der Waals surface area contributed by atoms with Crippen molar-refractivity contribution in [3.8, 4) is 17.0 Å². The number of pyridine rings is 4. The molecular formula is C24H18N6O4. The largest absolute Gasteiger partial charge is 0.481 e. The van der Waals surface area contributed by atoms with Gasteiger partial charge in [0.2, 0.25) is 11.8 Å². The molecule has 34 heavy (non-hydrogen) atoms. The molecule has 0 aromatic carbocycles. The van der Waals surface area contributed by atoms with Gasteiger partial charge >= 0.3 is 0 Å². The molecule has 10 nitrogen and oxygen atoms in total. The molecule has 1 atom stereocenters. The van der Waals surface area contributed by atoms with Crippen molar-refractivity contribution in [1.29, 1.82) is 0 Å². The van der Waals surface area contributed by atoms with E-state index in [1.54, 1.807) is 43.0 Å². The number of fused-ring (bicyclic) bond motifs is 1. The third-order valence-corrected chi connectivity index (χ3v) is 5.19. The van der Waals surface area contributed by atoms with Crippen molar-refractivity contribution in [3.63, 3.8) is 0 Å². The molecule has 0 bridgehead atoms. The second-order valence-corrected chi connectivity index (χ2v) is 7.29. The van der Waals surface area contributed by atoms with Crippen LogP contribution in [0.1, 0.15) is 11.6 Å². The number of amides is 1. The number of ether oxygens (including phenoxy) is 1. The number of oxazole rings is 1. The summed E-state index contributed by atoms with van der Waals surface area (Å²) in [5.74, 6) is -0.851. The summed E-state index contributed by atoms with van der Waals surface area (Å²) in [4.78, 5) is 34.6. The van der Waals surface area contributed by atoms with E-state index >= 15 is 0 Å². The van der Waals surface area contributed by atoms with Crippen LogP contribution in [0.5, 0.6) is 5.88 Å². The molecule has 0 fully saturated rings. The Labute approximate surface area is 193 Å². The maximum Gasteiger partial charge on any atom is 0.272 e. The molecule has 0 spiro atoms. The summed E-state index contributed by atoms with van der Waals surface area (Å²) in [5, 5.41) is 15.1. The molecule has 1 amide bonds. The van der Waals surface area contributed by atoms with Crippen molar-refractivity contribution in [2.75, 3.05) is 12.4 Å². The Hall–Kier alpha value is -4.70. The van der Waals surface area contributed by atoms with Gasteiger partial charge in [0.15, 0.2) is 0 Å². The highest BCUT2D eigenvalue weighted by Crippen LogP contribution is 2.31. The molecule has 5 aromatic heterocycles. The van der Waals surface area contributed by atoms with Crippen LogP contribution in [0.25, 0.3) is 22.0 Å². The van der Waals surface area contributed by atoms with E-state index in [0.717, 1.165) is 16.5 Å². The monoisotopic (exact) mass is 454 g/mol. The number of anilines is 1. The number of aromatic nitrogens is 5. The predicted octanol–water partition coefficient (Wildman–Crippen LogP) is 2.96. The van der Waals surface area contributed by atoms with Gasteiger partial charge in [0.1, 0.15) is 6.26 Å². The fourth-order valence-electron chi connectivity index (χ4n) is 3.54. The molecule has 10 heteroatoms. The Bertz CT molecular complexity index is 1470. The summed E-state index contributed by atoms with van der Waals surface area (Å²) < 4.78 is 10.4. The summed E-state index contributed by atoms with van der Waals surface area (Å²) in [5.41, 5.74) is 0.186. The highest BCUT2D eigenvalue weighted by atomic mass is 16.5. The summed E-state index contributed by atoms with van der Waals surface area (Å²) in [6.45, 7) is 0. The first-order valence-corrected chi connectivity index (χ1v) is 10.2. The predicted molar refractivity (Wildman–Crippen MR) is 122 cm³/mol. The molecule has 0 radical (unpaired) electrons. The van der Waals surface area contributed by atoms with Crippen molar-refractivity contribution in [1.82, 2.24) is 24.9 Å². The van der Waals surface area contributed by atoms with Crippen LogP contribution in [-0.4, -0.2) is 43.0 Å². The van der Waals surface area contributed by atoms with E-state index in [2.05, 4.69) is 30.2 Å². The number of methoxy groups -OCH3 is 1. The molecule has 0 aliphatic rings. The SMILES string of the molecule is COc1cccc([C@@](O)(C(=O)Nc2cncc(-c3cncc4cccnc34)c2)c2ncco2)n1. The van der Waals surface area contributed by atoms with Gasteiger partial charge in [-0.2, -0.15) is 0 Å². The summed E-state index contributed by atoms with van der Waals surface area (Å²) in [6, 6.07) is 10.1. The van der Waals surface area contributed by atoms with Crippen LogP contribution in [0.4, 0.5) is 5.69 Å². The number of carbonyl (C=O) groups is 1. The standard InChI is InChI=1S/C24H18N6O4/c1-33-20-6-2-5-19(30-20)24(32,23-28-8-9-34-23)22(31)29-17-10-16(12-25-13-17)18-14-26-11-15-4-3-7-27-21(15)18/h2-14,32H,1H3,(H,29,31)/t24-/m1/s1. The van der Waals surface area contributed by atoms with Gasteiger partial charge in [0.25, 0.3) is 11.5 Å². The lowest BCUT2D eigenvalue weighted by Gasteiger charge is -2.23. The van der Waals surface area contributed by atoms with Gasteiger partial charge in [-0.3, -0.25) is 19.7 Å². The van der Waals surface area contributed by atoms with Crippen molar-refractivity contribution >= 4 is 22.5 Å². The Kier molecular flexibility index (Phi) is 5.40. The average molecular weight is 454 g/mol. The highest BCUT2D eigenvalue weighted by molar-refractivity contribution is 6.00. The number of nitrogens with one attached hydrogen (secondary N) is 1. The number of nitrogens with zero attached hydrogens (tertiary/aromatic N) is 5. The second-order valence-electron chi connectivity index (χ2n) is 7.29. The number of hydrogen-bond donors (Lipinski definition) is 2. The smallest absolute Gasteiger partial charge is 0.272 e. The molecule has 0 unspecified atom stereocenters. The fraction of sp³-hybridized carbons (Fsp3) is 0.0833. The molecule has 0 saturated heterocycles. The van der Waals surface area contributed by atoms with E-state index in [1.165, 1.54) is 31.8 Å². The quantitative estimate of drug-likeness (QED) is 0.397. The Morgan fingerprint density at radius 2 is 1.94 bits per heavy atom. The molecule has 0 aliphatic heterocycles. The Morgan fingerprint density at radius 3 is 2.76 bits per heavy atom. The molecule has 168 valence electrons. The highest BCUT2D eigenvalue weighted by Gasteiger charge is 2.46. The summed E-state index contributed by atoms with van der Waals surface area (Å²) in [7, 11) is 1.44. The summed E-state index contributed by atoms with van der Waals surface area (Å²) in [6.07, 6.45) is 10.8. The van der Waals surface area contributed by atoms with Crippen LogP contribution >= 0.6 is 0 Å². The maximum atomic E-state index is 13.4. The van der Waals surface area contributed by atoms with Crippen molar-refractivity contribution in [2.24, 2.45) is 0 Å². The third kappa shape index (κ3) is 3.71. The van der Waals surface area contributed by atoms with Crippen LogP contribution in [0.15, 0.2) is 84.3 Å². The van der Waals surface area contributed by atoms with Crippen molar-refractivity contribution in [3.05, 3.63) is 91.4 Å². The molecule has 5 aromatic rings. The zero-order valence-corrected chi connectivity index (χ0v) is 17.9. The van der Waals surface area contributed by atoms with Gasteiger partial charge in [0.05, 0.1) is 36.4 Å². The van der Waals surface area contributed by atoms with Gasteiger partial charge in [-0.05, 0) is 24.3 Å². The van der Waals surface area contributed by atoms with Gasteiger partial charge in [-0.15, -0.1) is 0 Å². The van der Waals surface area contributed by atoms with Crippen molar-refractivity contribution in [2.45, 2.75) is 5.60 Å². The number of carbonyl (C=O) groups excluding carboxylic acids is 1. The first-order chi connectivity index (χ1) is 16.6. The zero-order chi connectivity index (χ0) is 23.5. The number of rotatable bonds is 6. The molecule has 0 saturated carbocycles. The minimum Gasteiger partial charge on any atom is -0.481 e. The van der Waals surface area contributed by atoms with Gasteiger partial charge in [-0.25, -0.2) is 9.97 Å². The molecule has 2 N–H and O–H groups in total. The van der Waals surface area contributed by atoms with E-state index in [9.17, 15) is 9.90 Å². The van der Waals surface area contributed by atoms with Crippen LogP contribution in [0.3, 0.4) is 0 Å². The third-order valence-electron chi connectivity index (χ3n) is 5.19. The van der Waals surface area contributed by atoms with Crippen LogP contribution in [-0.2, 0) is 10.4 Å². The van der Waals surface area contributed by atoms with Gasteiger partial charge in [0, 0.05) is 47.4 Å². The van der Waals surface area contributed by atoms with Crippen LogP contribution in [0, 0.1) is 0 Å². The minimum atomic E-state index is -2.32. The first kappa shape index (κ1) is 21.2. The lowest BCUT2D eigenvalue weighted by atomic mass is 9.97. The normalized spacial score (nSPS) is 12.8. The first-order valence-electron chi connectivity index (χ1n) is 10.2. The maximum absolute atomic E-state index is 13.4. The van der Waals surface area contributed by atoms with Gasteiger partial charge in [-0.1, -0.05) is 6.07 Å². The molecule has 5 heterocycles. The molecular weight excluding hydrogens is 436 g/mol. The van der Waals surface area contributed by atoms with E-state index in [0.29, 0.717) is 11.3 Å². The second kappa shape index (κ2) is 8.68. The molecule has 0 aliphatic carbocycles. The topological polar surface area (TPSA) is 136 Å². The Balaban J connectivity index is 1.53. The molecule has 5 rings (SSSR count). The average Bonchev–Trinajstić information content (AvgIpc) is 3.43.